The maximum atomic E-state index is 13.2. The summed E-state index contributed by atoms with van der Waals surface area (Å²) in [6, 6.07) is 14.7. The molecule has 2 N–H and O–H groups in total. The Hall–Kier alpha value is -2.92. The molecule has 1 aliphatic rings. The summed E-state index contributed by atoms with van der Waals surface area (Å²) in [5, 5.41) is 0.434. The number of benzene rings is 2. The van der Waals surface area contributed by atoms with Crippen LogP contribution in [-0.4, -0.2) is 30.4 Å². The Morgan fingerprint density at radius 3 is 2.61 bits per heavy atom. The highest BCUT2D eigenvalue weighted by atomic mass is 16.3. The van der Waals surface area contributed by atoms with Crippen LogP contribution in [0, 0.1) is 12.3 Å². The molecule has 5 nitrogen and oxygen atoms in total. The van der Waals surface area contributed by atoms with Crippen LogP contribution in [0.25, 0.3) is 22.3 Å². The third-order valence-corrected chi connectivity index (χ3v) is 5.75. The number of fused-ring (bicyclic) bond motifs is 1. The van der Waals surface area contributed by atoms with Crippen LogP contribution in [0.1, 0.15) is 29.3 Å². The van der Waals surface area contributed by atoms with Crippen molar-refractivity contribution in [2.45, 2.75) is 20.3 Å². The van der Waals surface area contributed by atoms with Crippen LogP contribution in [0.3, 0.4) is 0 Å². The second-order valence-corrected chi connectivity index (χ2v) is 7.93. The van der Waals surface area contributed by atoms with Crippen molar-refractivity contribution in [1.29, 1.82) is 0 Å². The average molecular weight is 376 g/mol. The van der Waals surface area contributed by atoms with E-state index in [1.165, 1.54) is 0 Å². The minimum atomic E-state index is -0.117. The summed E-state index contributed by atoms with van der Waals surface area (Å²) in [6.07, 6.45) is 0.873. The molecule has 1 unspecified atom stereocenters. The molecule has 1 aromatic heterocycles. The summed E-state index contributed by atoms with van der Waals surface area (Å²) < 4.78 is 6.18. The summed E-state index contributed by atoms with van der Waals surface area (Å²) in [6.45, 7) is 5.67. The molecule has 144 valence electrons. The number of rotatable bonds is 3. The van der Waals surface area contributed by atoms with Gasteiger partial charge in [0.15, 0.2) is 11.0 Å². The summed E-state index contributed by atoms with van der Waals surface area (Å²) in [4.78, 5) is 28.0. The molecule has 1 aliphatic heterocycles. The lowest BCUT2D eigenvalue weighted by molar-refractivity contribution is 0.0777. The SMILES string of the molecule is Cc1c(-c2ccccc2)oc2c(C(=O)N3CCC(C)(CN)C3)cccc2c1=O. The predicted octanol–water partition coefficient (Wildman–Crippen LogP) is 3.58. The molecule has 4 rings (SSSR count). The number of para-hydroxylation sites is 1. The van der Waals surface area contributed by atoms with E-state index in [0.29, 0.717) is 47.5 Å². The van der Waals surface area contributed by atoms with Crippen LogP contribution in [0.15, 0.2) is 57.7 Å². The van der Waals surface area contributed by atoms with Crippen LogP contribution in [0.5, 0.6) is 0 Å². The fraction of sp³-hybridized carbons (Fsp3) is 0.304. The van der Waals surface area contributed by atoms with Crippen molar-refractivity contribution in [3.63, 3.8) is 0 Å². The van der Waals surface area contributed by atoms with E-state index < -0.39 is 0 Å². The maximum absolute atomic E-state index is 13.2. The van der Waals surface area contributed by atoms with E-state index in [0.717, 1.165) is 12.0 Å². The summed E-state index contributed by atoms with van der Waals surface area (Å²) in [5.74, 6) is 0.389. The molecular formula is C23H24N2O3. The molecule has 3 aromatic rings. The zero-order valence-electron chi connectivity index (χ0n) is 16.2. The molecule has 0 radical (unpaired) electrons. The van der Waals surface area contributed by atoms with Gasteiger partial charge in [0.1, 0.15) is 5.76 Å². The lowest BCUT2D eigenvalue weighted by Crippen LogP contribution is -2.34. The number of amides is 1. The van der Waals surface area contributed by atoms with Crippen molar-refractivity contribution in [2.24, 2.45) is 11.1 Å². The highest BCUT2D eigenvalue weighted by molar-refractivity contribution is 6.05. The highest BCUT2D eigenvalue weighted by Gasteiger charge is 2.36. The van der Waals surface area contributed by atoms with Crippen molar-refractivity contribution in [3.8, 4) is 11.3 Å². The van der Waals surface area contributed by atoms with Crippen molar-refractivity contribution >= 4 is 16.9 Å². The lowest BCUT2D eigenvalue weighted by atomic mass is 9.90. The molecule has 1 fully saturated rings. The highest BCUT2D eigenvalue weighted by Crippen LogP contribution is 2.32. The van der Waals surface area contributed by atoms with Gasteiger partial charge in [-0.3, -0.25) is 9.59 Å². The van der Waals surface area contributed by atoms with Gasteiger partial charge in [-0.2, -0.15) is 0 Å². The number of likely N-dealkylation sites (tertiary alicyclic amines) is 1. The Labute approximate surface area is 163 Å². The quantitative estimate of drug-likeness (QED) is 0.758. The molecule has 1 atom stereocenters. The number of carbonyl (C=O) groups is 1. The fourth-order valence-corrected chi connectivity index (χ4v) is 3.88. The molecule has 0 bridgehead atoms. The van der Waals surface area contributed by atoms with E-state index in [9.17, 15) is 9.59 Å². The molecule has 28 heavy (non-hydrogen) atoms. The molecule has 0 aliphatic carbocycles. The average Bonchev–Trinajstić information content (AvgIpc) is 3.13. The van der Waals surface area contributed by atoms with Gasteiger partial charge in [0.25, 0.3) is 5.91 Å². The molecule has 2 heterocycles. The van der Waals surface area contributed by atoms with Crippen molar-refractivity contribution in [3.05, 3.63) is 69.9 Å². The molecular weight excluding hydrogens is 352 g/mol. The number of nitrogens with two attached hydrogens (primary N) is 1. The minimum Gasteiger partial charge on any atom is -0.455 e. The van der Waals surface area contributed by atoms with Crippen molar-refractivity contribution in [2.75, 3.05) is 19.6 Å². The predicted molar refractivity (Wildman–Crippen MR) is 110 cm³/mol. The first-order valence-corrected chi connectivity index (χ1v) is 9.55. The number of carbonyl (C=O) groups excluding carboxylic acids is 1. The van der Waals surface area contributed by atoms with Gasteiger partial charge in [-0.05, 0) is 37.4 Å². The Balaban J connectivity index is 1.85. The third-order valence-electron chi connectivity index (χ3n) is 5.75. The topological polar surface area (TPSA) is 76.5 Å². The number of nitrogens with zero attached hydrogens (tertiary/aromatic N) is 1. The van der Waals surface area contributed by atoms with Gasteiger partial charge in [0, 0.05) is 24.2 Å². The van der Waals surface area contributed by atoms with Gasteiger partial charge in [0.05, 0.1) is 10.9 Å². The smallest absolute Gasteiger partial charge is 0.257 e. The Bertz CT molecular complexity index is 1100. The van der Waals surface area contributed by atoms with E-state index in [1.54, 1.807) is 25.1 Å². The Kier molecular flexibility index (Phi) is 4.55. The third kappa shape index (κ3) is 3.02. The summed E-state index contributed by atoms with van der Waals surface area (Å²) in [5.41, 5.74) is 7.85. The van der Waals surface area contributed by atoms with Crippen molar-refractivity contribution in [1.82, 2.24) is 4.90 Å². The molecule has 0 saturated carbocycles. The van der Waals surface area contributed by atoms with E-state index in [2.05, 4.69) is 6.92 Å². The Morgan fingerprint density at radius 1 is 1.18 bits per heavy atom. The van der Waals surface area contributed by atoms with Gasteiger partial charge in [-0.25, -0.2) is 0 Å². The van der Waals surface area contributed by atoms with Crippen LogP contribution < -0.4 is 11.2 Å². The van der Waals surface area contributed by atoms with Crippen molar-refractivity contribution < 1.29 is 9.21 Å². The monoisotopic (exact) mass is 376 g/mol. The molecule has 0 spiro atoms. The summed E-state index contributed by atoms with van der Waals surface area (Å²) in [7, 11) is 0. The fourth-order valence-electron chi connectivity index (χ4n) is 3.88. The van der Waals surface area contributed by atoms with E-state index in [-0.39, 0.29) is 16.8 Å². The molecule has 1 amide bonds. The lowest BCUT2D eigenvalue weighted by Gasteiger charge is -2.22. The maximum Gasteiger partial charge on any atom is 0.257 e. The standard InChI is InChI=1S/C23H24N2O3/c1-15-19(26)17-9-6-10-18(22(27)25-12-11-23(2,13-24)14-25)21(17)28-20(15)16-7-4-3-5-8-16/h3-10H,11-14,24H2,1-2H3. The molecule has 2 aromatic carbocycles. The molecule has 1 saturated heterocycles. The number of hydrogen-bond acceptors (Lipinski definition) is 4. The largest absolute Gasteiger partial charge is 0.455 e. The van der Waals surface area contributed by atoms with Crippen LogP contribution in [0.2, 0.25) is 0 Å². The normalized spacial score (nSPS) is 19.3. The summed E-state index contributed by atoms with van der Waals surface area (Å²) >= 11 is 0. The first-order chi connectivity index (χ1) is 13.4. The van der Waals surface area contributed by atoms with Gasteiger partial charge in [-0.1, -0.05) is 43.3 Å². The Morgan fingerprint density at radius 2 is 1.93 bits per heavy atom. The first kappa shape index (κ1) is 18.4. The second kappa shape index (κ2) is 6.91. The zero-order chi connectivity index (χ0) is 19.9. The van der Waals surface area contributed by atoms with Crippen LogP contribution in [0.4, 0.5) is 0 Å². The van der Waals surface area contributed by atoms with E-state index in [4.69, 9.17) is 10.2 Å². The van der Waals surface area contributed by atoms with Crippen LogP contribution >= 0.6 is 0 Å². The van der Waals surface area contributed by atoms with Gasteiger partial charge >= 0.3 is 0 Å². The minimum absolute atomic E-state index is 0.0626. The van der Waals surface area contributed by atoms with Gasteiger partial charge < -0.3 is 15.1 Å². The van der Waals surface area contributed by atoms with E-state index >= 15 is 0 Å². The van der Waals surface area contributed by atoms with E-state index in [1.807, 2.05) is 35.2 Å². The molecule has 5 heteroatoms. The second-order valence-electron chi connectivity index (χ2n) is 7.93. The van der Waals surface area contributed by atoms with Gasteiger partial charge in [-0.15, -0.1) is 0 Å². The number of hydrogen-bond donors (Lipinski definition) is 1. The first-order valence-electron chi connectivity index (χ1n) is 9.55. The van der Waals surface area contributed by atoms with Gasteiger partial charge in [0.2, 0.25) is 0 Å². The van der Waals surface area contributed by atoms with Crippen LogP contribution in [-0.2, 0) is 0 Å². The zero-order valence-corrected chi connectivity index (χ0v) is 16.2.